The van der Waals surface area contributed by atoms with E-state index < -0.39 is 6.04 Å². The lowest BCUT2D eigenvalue weighted by molar-refractivity contribution is -0.141. The summed E-state index contributed by atoms with van der Waals surface area (Å²) in [6.07, 6.45) is 2.21. The quantitative estimate of drug-likeness (QED) is 0.209. The number of carbonyl (C=O) groups excluding carboxylic acids is 2. The first kappa shape index (κ1) is 27.6. The highest BCUT2D eigenvalue weighted by Gasteiger charge is 2.30. The fourth-order valence-electron chi connectivity index (χ4n) is 4.72. The Hall–Kier alpha value is -3.44. The third-order valence-electron chi connectivity index (χ3n) is 7.00. The zero-order valence-electron chi connectivity index (χ0n) is 22.1. The molecule has 0 fully saturated rings. The number of halogens is 1. The molecule has 4 nitrogen and oxygen atoms in total. The van der Waals surface area contributed by atoms with E-state index in [9.17, 15) is 9.59 Å². The van der Waals surface area contributed by atoms with Crippen LogP contribution in [0.1, 0.15) is 43.4 Å². The summed E-state index contributed by atoms with van der Waals surface area (Å²) in [6, 6.07) is 31.8. The summed E-state index contributed by atoms with van der Waals surface area (Å²) in [5, 5.41) is 5.47. The second-order valence-corrected chi connectivity index (χ2v) is 10.7. The highest BCUT2D eigenvalue weighted by Crippen LogP contribution is 2.22. The van der Waals surface area contributed by atoms with E-state index in [4.69, 9.17) is 0 Å². The molecule has 0 saturated heterocycles. The molecular formula is C33H35BrN2O2. The van der Waals surface area contributed by atoms with Gasteiger partial charge in [0.15, 0.2) is 0 Å². The number of aryl methyl sites for hydroxylation is 1. The van der Waals surface area contributed by atoms with Crippen LogP contribution in [0.15, 0.2) is 102 Å². The SMILES string of the molecule is CC[C@H](C)NC(=O)[C@H](Cc1ccccc1)N(Cc1cccc(Br)c1)C(=O)CCc1cccc2ccccc12. The predicted molar refractivity (Wildman–Crippen MR) is 159 cm³/mol. The molecule has 0 aliphatic heterocycles. The molecule has 0 bridgehead atoms. The van der Waals surface area contributed by atoms with Crippen LogP contribution in [-0.2, 0) is 29.0 Å². The summed E-state index contributed by atoms with van der Waals surface area (Å²) >= 11 is 3.55. The van der Waals surface area contributed by atoms with E-state index in [2.05, 4.69) is 45.5 Å². The lowest BCUT2D eigenvalue weighted by Gasteiger charge is -2.32. The predicted octanol–water partition coefficient (Wildman–Crippen LogP) is 7.09. The smallest absolute Gasteiger partial charge is 0.243 e. The molecular weight excluding hydrogens is 536 g/mol. The minimum atomic E-state index is -0.620. The molecule has 4 aromatic rings. The number of hydrogen-bond acceptors (Lipinski definition) is 2. The van der Waals surface area contributed by atoms with Crippen molar-refractivity contribution in [3.05, 3.63) is 118 Å². The summed E-state index contributed by atoms with van der Waals surface area (Å²) < 4.78 is 0.946. The summed E-state index contributed by atoms with van der Waals surface area (Å²) in [6.45, 7) is 4.41. The van der Waals surface area contributed by atoms with Gasteiger partial charge in [-0.1, -0.05) is 108 Å². The fraction of sp³-hybridized carbons (Fsp3) is 0.273. The van der Waals surface area contributed by atoms with Gasteiger partial charge in [0.1, 0.15) is 6.04 Å². The molecule has 4 rings (SSSR count). The minimum absolute atomic E-state index is 0.0271. The highest BCUT2D eigenvalue weighted by atomic mass is 79.9. The number of nitrogens with one attached hydrogen (secondary N) is 1. The second kappa shape index (κ2) is 13.4. The van der Waals surface area contributed by atoms with Gasteiger partial charge in [-0.2, -0.15) is 0 Å². The largest absolute Gasteiger partial charge is 0.352 e. The minimum Gasteiger partial charge on any atom is -0.352 e. The van der Waals surface area contributed by atoms with Gasteiger partial charge in [0.05, 0.1) is 0 Å². The normalized spacial score (nSPS) is 12.6. The van der Waals surface area contributed by atoms with Gasteiger partial charge in [0.25, 0.3) is 0 Å². The van der Waals surface area contributed by atoms with Gasteiger partial charge in [0, 0.05) is 29.9 Å². The number of amides is 2. The van der Waals surface area contributed by atoms with Crippen molar-refractivity contribution in [2.24, 2.45) is 0 Å². The van der Waals surface area contributed by atoms with E-state index in [0.717, 1.165) is 33.0 Å². The van der Waals surface area contributed by atoms with Crippen LogP contribution in [0.25, 0.3) is 10.8 Å². The lowest BCUT2D eigenvalue weighted by Crippen LogP contribution is -2.52. The molecule has 1 N–H and O–H groups in total. The van der Waals surface area contributed by atoms with Crippen molar-refractivity contribution >= 4 is 38.5 Å². The van der Waals surface area contributed by atoms with Crippen molar-refractivity contribution < 1.29 is 9.59 Å². The Morgan fingerprint density at radius 3 is 2.32 bits per heavy atom. The van der Waals surface area contributed by atoms with Gasteiger partial charge in [-0.25, -0.2) is 0 Å². The van der Waals surface area contributed by atoms with Crippen molar-refractivity contribution in [2.75, 3.05) is 0 Å². The van der Waals surface area contributed by atoms with Gasteiger partial charge >= 0.3 is 0 Å². The molecule has 2 amide bonds. The van der Waals surface area contributed by atoms with E-state index in [1.807, 2.05) is 86.6 Å². The standard InChI is InChI=1S/C33H35BrN2O2/c1-3-24(2)35-33(38)31(22-25-11-5-4-6-12-25)36(23-26-13-9-17-29(34)21-26)32(37)20-19-28-16-10-15-27-14-7-8-18-30(27)28/h4-18,21,24,31H,3,19-20,22-23H2,1-2H3,(H,35,38)/t24-,31-/m0/s1. The molecule has 5 heteroatoms. The van der Waals surface area contributed by atoms with Crippen molar-refractivity contribution in [3.8, 4) is 0 Å². The topological polar surface area (TPSA) is 49.4 Å². The van der Waals surface area contributed by atoms with Crippen LogP contribution >= 0.6 is 15.9 Å². The summed E-state index contributed by atoms with van der Waals surface area (Å²) in [5.74, 6) is -0.144. The molecule has 0 heterocycles. The molecule has 4 aromatic carbocycles. The molecule has 0 unspecified atom stereocenters. The van der Waals surface area contributed by atoms with Crippen LogP contribution in [-0.4, -0.2) is 28.8 Å². The van der Waals surface area contributed by atoms with Gasteiger partial charge in [0.2, 0.25) is 11.8 Å². The van der Waals surface area contributed by atoms with Crippen molar-refractivity contribution in [1.82, 2.24) is 10.2 Å². The first-order valence-electron chi connectivity index (χ1n) is 13.3. The molecule has 0 saturated carbocycles. The average Bonchev–Trinajstić information content (AvgIpc) is 2.94. The lowest BCUT2D eigenvalue weighted by atomic mass is 9.99. The van der Waals surface area contributed by atoms with E-state index >= 15 is 0 Å². The van der Waals surface area contributed by atoms with Crippen molar-refractivity contribution in [1.29, 1.82) is 0 Å². The summed E-state index contributed by atoms with van der Waals surface area (Å²) in [5.41, 5.74) is 3.15. The monoisotopic (exact) mass is 570 g/mol. The van der Waals surface area contributed by atoms with E-state index in [-0.39, 0.29) is 17.9 Å². The van der Waals surface area contributed by atoms with Crippen molar-refractivity contribution in [2.45, 2.75) is 58.2 Å². The zero-order valence-corrected chi connectivity index (χ0v) is 23.7. The molecule has 196 valence electrons. The highest BCUT2D eigenvalue weighted by molar-refractivity contribution is 9.10. The Bertz CT molecular complexity index is 1370. The molecule has 0 radical (unpaired) electrons. The maximum absolute atomic E-state index is 14.0. The summed E-state index contributed by atoms with van der Waals surface area (Å²) in [4.78, 5) is 29.4. The number of benzene rings is 4. The Kier molecular flexibility index (Phi) is 9.72. The zero-order chi connectivity index (χ0) is 26.9. The van der Waals surface area contributed by atoms with Gasteiger partial charge < -0.3 is 10.2 Å². The van der Waals surface area contributed by atoms with E-state index in [1.165, 1.54) is 5.39 Å². The molecule has 0 aliphatic rings. The fourth-order valence-corrected chi connectivity index (χ4v) is 5.17. The maximum Gasteiger partial charge on any atom is 0.243 e. The molecule has 0 aromatic heterocycles. The molecule has 2 atom stereocenters. The molecule has 0 aliphatic carbocycles. The van der Waals surface area contributed by atoms with Crippen LogP contribution in [0, 0.1) is 0 Å². The second-order valence-electron chi connectivity index (χ2n) is 9.81. The molecule has 0 spiro atoms. The van der Waals surface area contributed by atoms with Crippen LogP contribution in [0.2, 0.25) is 0 Å². The molecule has 38 heavy (non-hydrogen) atoms. The van der Waals surface area contributed by atoms with Gasteiger partial charge in [-0.3, -0.25) is 9.59 Å². The Labute approximate surface area is 234 Å². The number of carbonyl (C=O) groups is 2. The van der Waals surface area contributed by atoms with E-state index in [0.29, 0.717) is 25.8 Å². The first-order valence-corrected chi connectivity index (χ1v) is 14.1. The third-order valence-corrected chi connectivity index (χ3v) is 7.50. The van der Waals surface area contributed by atoms with Crippen LogP contribution in [0.4, 0.5) is 0 Å². The Balaban J connectivity index is 1.65. The number of fused-ring (bicyclic) bond motifs is 1. The third kappa shape index (κ3) is 7.32. The Morgan fingerprint density at radius 2 is 1.55 bits per heavy atom. The number of nitrogens with zero attached hydrogens (tertiary/aromatic N) is 1. The number of hydrogen-bond donors (Lipinski definition) is 1. The first-order chi connectivity index (χ1) is 18.4. The average molecular weight is 572 g/mol. The van der Waals surface area contributed by atoms with Crippen molar-refractivity contribution in [3.63, 3.8) is 0 Å². The van der Waals surface area contributed by atoms with Crippen LogP contribution < -0.4 is 5.32 Å². The van der Waals surface area contributed by atoms with Gasteiger partial charge in [-0.15, -0.1) is 0 Å². The van der Waals surface area contributed by atoms with Crippen LogP contribution in [0.3, 0.4) is 0 Å². The number of rotatable bonds is 11. The Morgan fingerprint density at radius 1 is 0.868 bits per heavy atom. The maximum atomic E-state index is 14.0. The van der Waals surface area contributed by atoms with Gasteiger partial charge in [-0.05, 0) is 59.4 Å². The summed E-state index contributed by atoms with van der Waals surface area (Å²) in [7, 11) is 0. The van der Waals surface area contributed by atoms with Crippen LogP contribution in [0.5, 0.6) is 0 Å². The van der Waals surface area contributed by atoms with E-state index in [1.54, 1.807) is 4.90 Å².